The van der Waals surface area contributed by atoms with Gasteiger partial charge < -0.3 is 15.0 Å². The van der Waals surface area contributed by atoms with Crippen LogP contribution in [-0.2, 0) is 16.1 Å². The Bertz CT molecular complexity index is 562. The van der Waals surface area contributed by atoms with Crippen molar-refractivity contribution in [3.63, 3.8) is 0 Å². The molecule has 2 fully saturated rings. The van der Waals surface area contributed by atoms with Gasteiger partial charge in [0.05, 0.1) is 25.1 Å². The van der Waals surface area contributed by atoms with Gasteiger partial charge in [0.1, 0.15) is 6.54 Å². The molecule has 0 bridgehead atoms. The van der Waals surface area contributed by atoms with E-state index in [1.165, 1.54) is 17.2 Å². The highest BCUT2D eigenvalue weighted by atomic mass is 16.5. The molecule has 7 nitrogen and oxygen atoms in total. The molecule has 0 aromatic carbocycles. The zero-order valence-corrected chi connectivity index (χ0v) is 12.0. The summed E-state index contributed by atoms with van der Waals surface area (Å²) in [6.45, 7) is 2.25. The van der Waals surface area contributed by atoms with Gasteiger partial charge in [-0.15, -0.1) is 0 Å². The van der Waals surface area contributed by atoms with Crippen LogP contribution in [-0.4, -0.2) is 52.9 Å². The first-order valence-corrected chi connectivity index (χ1v) is 7.41. The van der Waals surface area contributed by atoms with E-state index in [9.17, 15) is 9.59 Å². The number of nitrogens with zero attached hydrogens (tertiary/aromatic N) is 3. The smallest absolute Gasteiger partial charge is 0.269 e. The number of anilines is 1. The van der Waals surface area contributed by atoms with E-state index in [4.69, 9.17) is 4.74 Å². The zero-order valence-electron chi connectivity index (χ0n) is 12.0. The summed E-state index contributed by atoms with van der Waals surface area (Å²) in [6.07, 6.45) is 5.12. The van der Waals surface area contributed by atoms with Gasteiger partial charge in [-0.1, -0.05) is 0 Å². The largest absolute Gasteiger partial charge is 0.381 e. The van der Waals surface area contributed by atoms with Crippen molar-refractivity contribution in [2.24, 2.45) is 0 Å². The Morgan fingerprint density at radius 2 is 2.14 bits per heavy atom. The van der Waals surface area contributed by atoms with Crippen LogP contribution < -0.4 is 10.9 Å². The maximum absolute atomic E-state index is 12.1. The minimum Gasteiger partial charge on any atom is -0.381 e. The Balaban J connectivity index is 1.62. The van der Waals surface area contributed by atoms with Crippen LogP contribution in [0.2, 0.25) is 0 Å². The van der Waals surface area contributed by atoms with Gasteiger partial charge >= 0.3 is 0 Å². The molecule has 114 valence electrons. The van der Waals surface area contributed by atoms with E-state index in [0.29, 0.717) is 32.3 Å². The van der Waals surface area contributed by atoms with Crippen LogP contribution in [0.5, 0.6) is 0 Å². The second-order valence-electron chi connectivity index (χ2n) is 5.51. The number of hydrogen-bond acceptors (Lipinski definition) is 5. The Kier molecular flexibility index (Phi) is 4.19. The van der Waals surface area contributed by atoms with Crippen molar-refractivity contribution in [2.45, 2.75) is 31.8 Å². The highest BCUT2D eigenvalue weighted by molar-refractivity contribution is 5.76. The Labute approximate surface area is 122 Å². The Morgan fingerprint density at radius 3 is 2.76 bits per heavy atom. The number of carbonyl (C=O) groups excluding carboxylic acids is 1. The number of amides is 1. The van der Waals surface area contributed by atoms with Gasteiger partial charge in [-0.25, -0.2) is 4.68 Å². The van der Waals surface area contributed by atoms with Crippen molar-refractivity contribution < 1.29 is 9.53 Å². The van der Waals surface area contributed by atoms with E-state index in [2.05, 4.69) is 10.4 Å². The molecule has 1 aliphatic carbocycles. The van der Waals surface area contributed by atoms with Crippen molar-refractivity contribution in [1.82, 2.24) is 14.7 Å². The highest BCUT2D eigenvalue weighted by Gasteiger charge is 2.19. The summed E-state index contributed by atoms with van der Waals surface area (Å²) in [5.41, 5.74) is 0.487. The van der Waals surface area contributed by atoms with Gasteiger partial charge in [-0.05, 0) is 19.3 Å². The van der Waals surface area contributed by atoms with Crippen molar-refractivity contribution in [3.8, 4) is 0 Å². The standard InChI is InChI=1S/C14H20N4O3/c19-13-8-12(16-11-2-1-3-11)9-15-18(13)10-14(20)17-4-6-21-7-5-17/h8-9,11,16H,1-7,10H2. The van der Waals surface area contributed by atoms with Gasteiger partial charge in [0.15, 0.2) is 0 Å². The van der Waals surface area contributed by atoms with Crippen LogP contribution in [0.1, 0.15) is 19.3 Å². The maximum atomic E-state index is 12.1. The molecule has 0 spiro atoms. The van der Waals surface area contributed by atoms with Gasteiger partial charge in [-0.3, -0.25) is 9.59 Å². The first-order valence-electron chi connectivity index (χ1n) is 7.41. The molecule has 1 saturated heterocycles. The molecule has 1 saturated carbocycles. The molecule has 21 heavy (non-hydrogen) atoms. The summed E-state index contributed by atoms with van der Waals surface area (Å²) in [5, 5.41) is 7.36. The molecule has 0 radical (unpaired) electrons. The lowest BCUT2D eigenvalue weighted by atomic mass is 9.93. The fourth-order valence-electron chi connectivity index (χ4n) is 2.46. The average molecular weight is 292 g/mol. The minimum absolute atomic E-state index is 0.0114. The van der Waals surface area contributed by atoms with Crippen LogP contribution in [0, 0.1) is 0 Å². The lowest BCUT2D eigenvalue weighted by Gasteiger charge is -2.27. The molecule has 3 rings (SSSR count). The summed E-state index contributed by atoms with van der Waals surface area (Å²) in [6, 6.07) is 1.97. The number of morpholine rings is 1. The van der Waals surface area contributed by atoms with Crippen molar-refractivity contribution in [2.75, 3.05) is 31.6 Å². The first-order chi connectivity index (χ1) is 10.2. The normalized spacial score (nSPS) is 19.1. The van der Waals surface area contributed by atoms with Crippen molar-refractivity contribution in [1.29, 1.82) is 0 Å². The monoisotopic (exact) mass is 292 g/mol. The molecular formula is C14H20N4O3. The SMILES string of the molecule is O=C(Cn1ncc(NC2CCC2)cc1=O)N1CCOCC1. The van der Waals surface area contributed by atoms with E-state index in [1.54, 1.807) is 11.1 Å². The second kappa shape index (κ2) is 6.26. The molecule has 1 aromatic rings. The van der Waals surface area contributed by atoms with E-state index in [0.717, 1.165) is 18.5 Å². The summed E-state index contributed by atoms with van der Waals surface area (Å²) in [5.74, 6) is -0.0902. The van der Waals surface area contributed by atoms with Crippen LogP contribution in [0.4, 0.5) is 5.69 Å². The predicted octanol–water partition coefficient (Wildman–Crippen LogP) is 0.0665. The number of aromatic nitrogens is 2. The molecule has 2 aliphatic rings. The number of ether oxygens (including phenoxy) is 1. The molecule has 1 N–H and O–H groups in total. The molecule has 7 heteroatoms. The number of carbonyl (C=O) groups is 1. The van der Waals surface area contributed by atoms with Gasteiger partial charge in [0.2, 0.25) is 5.91 Å². The fraction of sp³-hybridized carbons (Fsp3) is 0.643. The Morgan fingerprint density at radius 1 is 1.38 bits per heavy atom. The van der Waals surface area contributed by atoms with Gasteiger partial charge in [0.25, 0.3) is 5.56 Å². The third-order valence-electron chi connectivity index (χ3n) is 3.99. The van der Waals surface area contributed by atoms with Gasteiger partial charge in [0, 0.05) is 25.2 Å². The summed E-state index contributed by atoms with van der Waals surface area (Å²) in [7, 11) is 0. The summed E-state index contributed by atoms with van der Waals surface area (Å²) < 4.78 is 6.42. The topological polar surface area (TPSA) is 76.5 Å². The molecule has 2 heterocycles. The number of nitrogens with one attached hydrogen (secondary N) is 1. The summed E-state index contributed by atoms with van der Waals surface area (Å²) in [4.78, 5) is 25.8. The van der Waals surface area contributed by atoms with Crippen LogP contribution >= 0.6 is 0 Å². The van der Waals surface area contributed by atoms with Crippen molar-refractivity contribution in [3.05, 3.63) is 22.6 Å². The minimum atomic E-state index is -0.249. The highest BCUT2D eigenvalue weighted by Crippen LogP contribution is 2.21. The van der Waals surface area contributed by atoms with Crippen molar-refractivity contribution >= 4 is 11.6 Å². The Hall–Kier alpha value is -1.89. The van der Waals surface area contributed by atoms with Crippen LogP contribution in [0.25, 0.3) is 0 Å². The summed E-state index contributed by atoms with van der Waals surface area (Å²) >= 11 is 0. The van der Waals surface area contributed by atoms with E-state index < -0.39 is 0 Å². The van der Waals surface area contributed by atoms with E-state index in [1.807, 2.05) is 0 Å². The van der Waals surface area contributed by atoms with E-state index in [-0.39, 0.29) is 18.0 Å². The molecule has 0 atom stereocenters. The third kappa shape index (κ3) is 3.41. The second-order valence-corrected chi connectivity index (χ2v) is 5.51. The molecule has 0 unspecified atom stereocenters. The van der Waals surface area contributed by atoms with E-state index >= 15 is 0 Å². The molecule has 1 aliphatic heterocycles. The molecular weight excluding hydrogens is 272 g/mol. The maximum Gasteiger partial charge on any atom is 0.269 e. The number of hydrogen-bond donors (Lipinski definition) is 1. The lowest BCUT2D eigenvalue weighted by Crippen LogP contribution is -2.43. The van der Waals surface area contributed by atoms with Crippen LogP contribution in [0.15, 0.2) is 17.1 Å². The molecule has 1 aromatic heterocycles. The number of rotatable bonds is 4. The molecule has 1 amide bonds. The first kappa shape index (κ1) is 14.1. The average Bonchev–Trinajstić information content (AvgIpc) is 2.46. The third-order valence-corrected chi connectivity index (χ3v) is 3.99. The predicted molar refractivity (Wildman–Crippen MR) is 77.2 cm³/mol. The quantitative estimate of drug-likeness (QED) is 0.849. The lowest BCUT2D eigenvalue weighted by molar-refractivity contribution is -0.136. The zero-order chi connectivity index (χ0) is 14.7. The van der Waals surface area contributed by atoms with Crippen LogP contribution in [0.3, 0.4) is 0 Å². The van der Waals surface area contributed by atoms with Gasteiger partial charge in [-0.2, -0.15) is 5.10 Å². The fourth-order valence-corrected chi connectivity index (χ4v) is 2.46.